The maximum atomic E-state index is 13.2. The molecule has 7 heteroatoms. The Labute approximate surface area is 172 Å². The highest BCUT2D eigenvalue weighted by molar-refractivity contribution is 8.19. The largest absolute Gasteiger partial charge is 0.504 e. The molecule has 0 saturated carbocycles. The number of benzene rings is 2. The maximum Gasteiger partial charge on any atom is 0.271 e. The summed E-state index contributed by atoms with van der Waals surface area (Å²) in [6, 6.07) is 19.7. The molecule has 0 unspecified atom stereocenters. The fourth-order valence-electron chi connectivity index (χ4n) is 2.81. The number of phenolic OH excluding ortho intramolecular Hbond substituents is 1. The van der Waals surface area contributed by atoms with Crippen LogP contribution in [0.1, 0.15) is 5.56 Å². The number of phenols is 1. The predicted octanol–water partition coefficient (Wildman–Crippen LogP) is 4.60. The topological polar surface area (TPSA) is 75.0 Å². The number of aliphatic imine (C=N–C) groups is 1. The van der Waals surface area contributed by atoms with Crippen LogP contribution in [0.25, 0.3) is 6.08 Å². The molecular formula is C22H17N3O3S. The molecule has 0 radical (unpaired) electrons. The van der Waals surface area contributed by atoms with Gasteiger partial charge in [0, 0.05) is 6.20 Å². The number of hydrogen-bond donors (Lipinski definition) is 1. The lowest BCUT2D eigenvalue weighted by atomic mass is 10.2. The zero-order valence-corrected chi connectivity index (χ0v) is 16.3. The number of nitrogens with zero attached hydrogens (tertiary/aromatic N) is 3. The van der Waals surface area contributed by atoms with Crippen molar-refractivity contribution in [2.45, 2.75) is 0 Å². The lowest BCUT2D eigenvalue weighted by molar-refractivity contribution is -0.113. The van der Waals surface area contributed by atoms with Gasteiger partial charge in [-0.25, -0.2) is 9.98 Å². The van der Waals surface area contributed by atoms with Crippen LogP contribution in [0.15, 0.2) is 82.8 Å². The molecule has 1 N–H and O–H groups in total. The fourth-order valence-corrected chi connectivity index (χ4v) is 3.80. The van der Waals surface area contributed by atoms with Crippen molar-refractivity contribution in [2.75, 3.05) is 12.0 Å². The molecule has 4 rings (SSSR count). The minimum atomic E-state index is -0.178. The van der Waals surface area contributed by atoms with Crippen molar-refractivity contribution < 1.29 is 14.6 Å². The second kappa shape index (κ2) is 8.20. The van der Waals surface area contributed by atoms with Crippen LogP contribution in [0.2, 0.25) is 0 Å². The molecule has 1 amide bonds. The van der Waals surface area contributed by atoms with Gasteiger partial charge in [-0.2, -0.15) is 0 Å². The molecule has 2 aromatic carbocycles. The van der Waals surface area contributed by atoms with Gasteiger partial charge in [0.25, 0.3) is 5.91 Å². The number of amidine groups is 1. The summed E-state index contributed by atoms with van der Waals surface area (Å²) in [6.45, 7) is 0. The average molecular weight is 403 g/mol. The van der Waals surface area contributed by atoms with E-state index in [0.717, 1.165) is 11.3 Å². The molecule has 29 heavy (non-hydrogen) atoms. The number of rotatable bonds is 4. The lowest BCUT2D eigenvalue weighted by Gasteiger charge is -2.15. The first-order valence-electron chi connectivity index (χ1n) is 8.81. The van der Waals surface area contributed by atoms with E-state index in [-0.39, 0.29) is 11.7 Å². The van der Waals surface area contributed by atoms with Crippen LogP contribution in [0.4, 0.5) is 11.5 Å². The Morgan fingerprint density at radius 1 is 1.10 bits per heavy atom. The first kappa shape index (κ1) is 18.8. The smallest absolute Gasteiger partial charge is 0.271 e. The van der Waals surface area contributed by atoms with Gasteiger partial charge in [-0.05, 0) is 59.8 Å². The fraction of sp³-hybridized carbons (Fsp3) is 0.0455. The Morgan fingerprint density at radius 3 is 2.62 bits per heavy atom. The first-order valence-corrected chi connectivity index (χ1v) is 9.63. The van der Waals surface area contributed by atoms with E-state index in [0.29, 0.717) is 21.6 Å². The average Bonchev–Trinajstić information content (AvgIpc) is 3.05. The van der Waals surface area contributed by atoms with E-state index < -0.39 is 0 Å². The molecular weight excluding hydrogens is 386 g/mol. The van der Waals surface area contributed by atoms with Crippen molar-refractivity contribution in [3.63, 3.8) is 0 Å². The minimum absolute atomic E-state index is 0.0448. The number of methoxy groups -OCH3 is 1. The van der Waals surface area contributed by atoms with E-state index in [9.17, 15) is 9.90 Å². The summed E-state index contributed by atoms with van der Waals surface area (Å²) in [5.74, 6) is 0.736. The second-order valence-corrected chi connectivity index (χ2v) is 7.11. The summed E-state index contributed by atoms with van der Waals surface area (Å²) in [6.07, 6.45) is 3.42. The number of aromatic nitrogens is 1. The van der Waals surface area contributed by atoms with Gasteiger partial charge in [0.15, 0.2) is 22.5 Å². The Morgan fingerprint density at radius 2 is 1.90 bits per heavy atom. The van der Waals surface area contributed by atoms with Gasteiger partial charge >= 0.3 is 0 Å². The van der Waals surface area contributed by atoms with Crippen LogP contribution in [-0.4, -0.2) is 28.3 Å². The summed E-state index contributed by atoms with van der Waals surface area (Å²) in [5, 5.41) is 10.3. The van der Waals surface area contributed by atoms with Gasteiger partial charge in [0.1, 0.15) is 0 Å². The van der Waals surface area contributed by atoms with Crippen molar-refractivity contribution in [2.24, 2.45) is 4.99 Å². The van der Waals surface area contributed by atoms with Crippen molar-refractivity contribution in [1.82, 2.24) is 4.98 Å². The molecule has 1 fully saturated rings. The quantitative estimate of drug-likeness (QED) is 0.644. The third kappa shape index (κ3) is 4.00. The third-order valence-corrected chi connectivity index (χ3v) is 5.15. The number of ether oxygens (including phenoxy) is 1. The number of para-hydroxylation sites is 1. The summed E-state index contributed by atoms with van der Waals surface area (Å²) >= 11 is 1.27. The molecule has 144 valence electrons. The van der Waals surface area contributed by atoms with Crippen molar-refractivity contribution >= 4 is 40.4 Å². The highest BCUT2D eigenvalue weighted by Gasteiger charge is 2.34. The van der Waals surface area contributed by atoms with E-state index in [1.807, 2.05) is 42.5 Å². The van der Waals surface area contributed by atoms with E-state index in [4.69, 9.17) is 4.74 Å². The molecule has 0 atom stereocenters. The standard InChI is InChI=1S/C22H17N3O3S/c1-28-18-13-15(10-11-17(18)26)14-19-21(27)25(16-7-3-2-4-8-16)22(29-19)24-20-9-5-6-12-23-20/h2-14,26H,1H3/b19-14-,24-22+. The molecule has 0 aliphatic carbocycles. The zero-order valence-electron chi connectivity index (χ0n) is 15.5. The molecule has 0 spiro atoms. The van der Waals surface area contributed by atoms with E-state index in [1.165, 1.54) is 24.9 Å². The second-order valence-electron chi connectivity index (χ2n) is 6.10. The zero-order chi connectivity index (χ0) is 20.2. The summed E-state index contributed by atoms with van der Waals surface area (Å²) in [7, 11) is 1.48. The molecule has 1 aliphatic heterocycles. The van der Waals surface area contributed by atoms with Gasteiger partial charge in [0.2, 0.25) is 0 Å². The maximum absolute atomic E-state index is 13.2. The number of anilines is 1. The summed E-state index contributed by atoms with van der Waals surface area (Å²) in [4.78, 5) is 24.1. The van der Waals surface area contributed by atoms with Gasteiger partial charge in [0.05, 0.1) is 17.7 Å². The van der Waals surface area contributed by atoms with Crippen LogP contribution in [0.5, 0.6) is 11.5 Å². The predicted molar refractivity (Wildman–Crippen MR) is 115 cm³/mol. The van der Waals surface area contributed by atoms with Crippen molar-refractivity contribution in [3.05, 3.63) is 83.4 Å². The molecule has 3 aromatic rings. The first-order chi connectivity index (χ1) is 14.2. The highest BCUT2D eigenvalue weighted by Crippen LogP contribution is 2.37. The molecule has 6 nitrogen and oxygen atoms in total. The van der Waals surface area contributed by atoms with Gasteiger partial charge in [-0.1, -0.05) is 30.3 Å². The number of hydrogen-bond acceptors (Lipinski definition) is 6. The van der Waals surface area contributed by atoms with Crippen LogP contribution in [0, 0.1) is 0 Å². The van der Waals surface area contributed by atoms with Crippen molar-refractivity contribution in [1.29, 1.82) is 0 Å². The third-order valence-electron chi connectivity index (χ3n) is 4.18. The SMILES string of the molecule is COc1cc(/C=C2\S/C(=N/c3ccccn3)N(c3ccccc3)C2=O)ccc1O. The monoisotopic (exact) mass is 403 g/mol. The van der Waals surface area contributed by atoms with Crippen molar-refractivity contribution in [3.8, 4) is 11.5 Å². The van der Waals surface area contributed by atoms with Gasteiger partial charge in [-0.15, -0.1) is 0 Å². The number of pyridine rings is 1. The molecule has 1 aromatic heterocycles. The number of carbonyl (C=O) groups excluding carboxylic acids is 1. The van der Waals surface area contributed by atoms with E-state index in [1.54, 1.807) is 35.4 Å². The van der Waals surface area contributed by atoms with Crippen LogP contribution >= 0.6 is 11.8 Å². The van der Waals surface area contributed by atoms with Gasteiger partial charge in [-0.3, -0.25) is 9.69 Å². The van der Waals surface area contributed by atoms with Crippen LogP contribution in [0.3, 0.4) is 0 Å². The number of amides is 1. The highest BCUT2D eigenvalue weighted by atomic mass is 32.2. The number of carbonyl (C=O) groups is 1. The number of thioether (sulfide) groups is 1. The Balaban J connectivity index is 1.76. The minimum Gasteiger partial charge on any atom is -0.504 e. The number of aromatic hydroxyl groups is 1. The molecule has 1 saturated heterocycles. The Hall–Kier alpha value is -3.58. The molecule has 2 heterocycles. The van der Waals surface area contributed by atoms with E-state index >= 15 is 0 Å². The summed E-state index contributed by atoms with van der Waals surface area (Å²) in [5.41, 5.74) is 1.47. The molecule has 1 aliphatic rings. The lowest BCUT2D eigenvalue weighted by Crippen LogP contribution is -2.28. The van der Waals surface area contributed by atoms with E-state index in [2.05, 4.69) is 9.98 Å². The normalized spacial score (nSPS) is 16.6. The summed E-state index contributed by atoms with van der Waals surface area (Å²) < 4.78 is 5.15. The molecule has 0 bridgehead atoms. The van der Waals surface area contributed by atoms with Crippen LogP contribution < -0.4 is 9.64 Å². The van der Waals surface area contributed by atoms with Gasteiger partial charge < -0.3 is 9.84 Å². The Kier molecular flexibility index (Phi) is 5.31. The van der Waals surface area contributed by atoms with Crippen LogP contribution in [-0.2, 0) is 4.79 Å². The Bertz CT molecular complexity index is 1100.